The summed E-state index contributed by atoms with van der Waals surface area (Å²) in [4.78, 5) is 0. The molecular weight excluding hydrogens is 186 g/mol. The Balaban J connectivity index is 2.50. The van der Waals surface area contributed by atoms with Crippen molar-refractivity contribution in [3.63, 3.8) is 0 Å². The van der Waals surface area contributed by atoms with E-state index in [0.717, 1.165) is 12.8 Å². The van der Waals surface area contributed by atoms with Gasteiger partial charge in [0.25, 0.3) is 0 Å². The van der Waals surface area contributed by atoms with E-state index in [4.69, 9.17) is 0 Å². The van der Waals surface area contributed by atoms with Crippen LogP contribution in [0.2, 0.25) is 0 Å². The van der Waals surface area contributed by atoms with E-state index in [1.54, 1.807) is 0 Å². The molecule has 0 radical (unpaired) electrons. The highest BCUT2D eigenvalue weighted by Crippen LogP contribution is 2.16. The molecule has 1 heterocycles. The van der Waals surface area contributed by atoms with Gasteiger partial charge in [0.15, 0.2) is 9.84 Å². The predicted molar refractivity (Wildman–Crippen MR) is 54.6 cm³/mol. The molecule has 1 N–H and O–H groups in total. The van der Waals surface area contributed by atoms with Crippen LogP contribution in [0.25, 0.3) is 0 Å². The van der Waals surface area contributed by atoms with Crippen molar-refractivity contribution in [3.8, 4) is 0 Å². The van der Waals surface area contributed by atoms with Crippen molar-refractivity contribution in [2.24, 2.45) is 0 Å². The third-order valence-electron chi connectivity index (χ3n) is 2.71. The minimum atomic E-state index is -2.74. The summed E-state index contributed by atoms with van der Waals surface area (Å²) in [6.45, 7) is 6.33. The van der Waals surface area contributed by atoms with Crippen LogP contribution >= 0.6 is 0 Å². The molecule has 78 valence electrons. The first-order valence-corrected chi connectivity index (χ1v) is 6.65. The molecule has 1 aliphatic rings. The lowest BCUT2D eigenvalue weighted by Gasteiger charge is -2.28. The Bertz CT molecular complexity index is 269. The Kier molecular flexibility index (Phi) is 3.02. The van der Waals surface area contributed by atoms with Gasteiger partial charge >= 0.3 is 0 Å². The van der Waals surface area contributed by atoms with E-state index >= 15 is 0 Å². The zero-order valence-corrected chi connectivity index (χ0v) is 9.45. The molecule has 1 atom stereocenters. The molecule has 13 heavy (non-hydrogen) atoms. The number of nitrogens with one attached hydrogen (secondary N) is 1. The highest BCUT2D eigenvalue weighted by molar-refractivity contribution is 7.91. The topological polar surface area (TPSA) is 46.2 Å². The summed E-state index contributed by atoms with van der Waals surface area (Å²) in [5.41, 5.74) is 0.0600. The summed E-state index contributed by atoms with van der Waals surface area (Å²) in [5.74, 6) is 0.668. The summed E-state index contributed by atoms with van der Waals surface area (Å²) in [6, 6.07) is 0.167. The van der Waals surface area contributed by atoms with E-state index in [1.807, 2.05) is 0 Å². The first-order chi connectivity index (χ1) is 5.85. The van der Waals surface area contributed by atoms with Crippen molar-refractivity contribution < 1.29 is 8.42 Å². The second-order valence-electron chi connectivity index (χ2n) is 4.48. The van der Waals surface area contributed by atoms with Crippen molar-refractivity contribution in [3.05, 3.63) is 0 Å². The molecule has 1 saturated heterocycles. The lowest BCUT2D eigenvalue weighted by Crippen LogP contribution is -2.45. The molecule has 1 fully saturated rings. The molecule has 4 heteroatoms. The van der Waals surface area contributed by atoms with Crippen molar-refractivity contribution >= 4 is 9.84 Å². The number of hydrogen-bond donors (Lipinski definition) is 1. The SMILES string of the molecule is CCC(C)(C)NC1CCS(=O)(=O)C1. The van der Waals surface area contributed by atoms with Gasteiger partial charge in [0.05, 0.1) is 11.5 Å². The predicted octanol–water partition coefficient (Wildman–Crippen LogP) is 0.952. The van der Waals surface area contributed by atoms with Crippen molar-refractivity contribution in [2.45, 2.75) is 45.2 Å². The maximum absolute atomic E-state index is 11.2. The summed E-state index contributed by atoms with van der Waals surface area (Å²) < 4.78 is 22.4. The number of hydrogen-bond acceptors (Lipinski definition) is 3. The van der Waals surface area contributed by atoms with E-state index < -0.39 is 9.84 Å². The number of sulfone groups is 1. The maximum Gasteiger partial charge on any atom is 0.151 e. The fourth-order valence-electron chi connectivity index (χ4n) is 1.56. The third kappa shape index (κ3) is 3.27. The molecule has 1 aliphatic heterocycles. The van der Waals surface area contributed by atoms with Crippen LogP contribution in [0, 0.1) is 0 Å². The molecule has 0 spiro atoms. The van der Waals surface area contributed by atoms with E-state index in [9.17, 15) is 8.42 Å². The molecular formula is C9H19NO2S. The average Bonchev–Trinajstić information content (AvgIpc) is 2.29. The van der Waals surface area contributed by atoms with Crippen molar-refractivity contribution in [1.82, 2.24) is 5.32 Å². The maximum atomic E-state index is 11.2. The Morgan fingerprint density at radius 2 is 2.08 bits per heavy atom. The zero-order chi connectivity index (χ0) is 10.1. The molecule has 0 aromatic rings. The fraction of sp³-hybridized carbons (Fsp3) is 1.00. The van der Waals surface area contributed by atoms with Gasteiger partial charge in [-0.2, -0.15) is 0 Å². The van der Waals surface area contributed by atoms with Crippen LogP contribution in [0.4, 0.5) is 0 Å². The Morgan fingerprint density at radius 3 is 2.46 bits per heavy atom. The molecule has 0 saturated carbocycles. The third-order valence-corrected chi connectivity index (χ3v) is 4.48. The smallest absolute Gasteiger partial charge is 0.151 e. The van der Waals surface area contributed by atoms with Gasteiger partial charge in [0, 0.05) is 11.6 Å². The first kappa shape index (κ1) is 11.0. The molecule has 0 aliphatic carbocycles. The minimum absolute atomic E-state index is 0.0600. The van der Waals surface area contributed by atoms with Gasteiger partial charge in [0.1, 0.15) is 0 Å². The van der Waals surface area contributed by atoms with E-state index in [0.29, 0.717) is 11.5 Å². The summed E-state index contributed by atoms with van der Waals surface area (Å²) in [6.07, 6.45) is 1.79. The molecule has 0 aromatic carbocycles. The minimum Gasteiger partial charge on any atom is -0.308 e. The second kappa shape index (κ2) is 3.58. The Morgan fingerprint density at radius 1 is 1.46 bits per heavy atom. The molecule has 0 aromatic heterocycles. The molecule has 3 nitrogen and oxygen atoms in total. The molecule has 0 bridgehead atoms. The molecule has 1 unspecified atom stereocenters. The summed E-state index contributed by atoms with van der Waals surface area (Å²) in [7, 11) is -2.74. The van der Waals surface area contributed by atoms with E-state index in [1.165, 1.54) is 0 Å². The quantitative estimate of drug-likeness (QED) is 0.746. The van der Waals surface area contributed by atoms with Crippen LogP contribution in [0.1, 0.15) is 33.6 Å². The van der Waals surface area contributed by atoms with Gasteiger partial charge in [-0.25, -0.2) is 8.42 Å². The average molecular weight is 205 g/mol. The van der Waals surface area contributed by atoms with Gasteiger partial charge in [0.2, 0.25) is 0 Å². The van der Waals surface area contributed by atoms with E-state index in [-0.39, 0.29) is 11.6 Å². The summed E-state index contributed by atoms with van der Waals surface area (Å²) in [5, 5.41) is 3.38. The number of rotatable bonds is 3. The van der Waals surface area contributed by atoms with Gasteiger partial charge in [-0.15, -0.1) is 0 Å². The highest BCUT2D eigenvalue weighted by Gasteiger charge is 2.30. The standard InChI is InChI=1S/C9H19NO2S/c1-4-9(2,3)10-8-5-6-13(11,12)7-8/h8,10H,4-7H2,1-3H3. The van der Waals surface area contributed by atoms with Crippen molar-refractivity contribution in [2.75, 3.05) is 11.5 Å². The van der Waals surface area contributed by atoms with Gasteiger partial charge in [-0.05, 0) is 26.7 Å². The van der Waals surface area contributed by atoms with Gasteiger partial charge < -0.3 is 5.32 Å². The first-order valence-electron chi connectivity index (χ1n) is 4.83. The van der Waals surface area contributed by atoms with E-state index in [2.05, 4.69) is 26.1 Å². The molecule has 1 rings (SSSR count). The molecule has 0 amide bonds. The Labute approximate surface area is 80.8 Å². The van der Waals surface area contributed by atoms with Crippen LogP contribution in [0.5, 0.6) is 0 Å². The lowest BCUT2D eigenvalue weighted by molar-refractivity contribution is 0.336. The zero-order valence-electron chi connectivity index (χ0n) is 8.63. The van der Waals surface area contributed by atoms with Crippen LogP contribution in [-0.4, -0.2) is 31.5 Å². The largest absolute Gasteiger partial charge is 0.308 e. The van der Waals surface area contributed by atoms with Crippen LogP contribution in [0.15, 0.2) is 0 Å². The fourth-order valence-corrected chi connectivity index (χ4v) is 3.24. The van der Waals surface area contributed by atoms with Gasteiger partial charge in [-0.1, -0.05) is 6.92 Å². The Hall–Kier alpha value is -0.0900. The lowest BCUT2D eigenvalue weighted by atomic mass is 10.0. The second-order valence-corrected chi connectivity index (χ2v) is 6.71. The van der Waals surface area contributed by atoms with Crippen LogP contribution < -0.4 is 5.32 Å². The summed E-state index contributed by atoms with van der Waals surface area (Å²) >= 11 is 0. The van der Waals surface area contributed by atoms with Crippen molar-refractivity contribution in [1.29, 1.82) is 0 Å². The van der Waals surface area contributed by atoms with Crippen LogP contribution in [-0.2, 0) is 9.84 Å². The highest BCUT2D eigenvalue weighted by atomic mass is 32.2. The van der Waals surface area contributed by atoms with Gasteiger partial charge in [-0.3, -0.25) is 0 Å². The van der Waals surface area contributed by atoms with Crippen LogP contribution in [0.3, 0.4) is 0 Å². The normalized spacial score (nSPS) is 27.8. The monoisotopic (exact) mass is 205 g/mol.